The fourth-order valence-electron chi connectivity index (χ4n) is 2.02. The van der Waals surface area contributed by atoms with Gasteiger partial charge in [-0.2, -0.15) is 0 Å². The van der Waals surface area contributed by atoms with Gasteiger partial charge in [-0.25, -0.2) is 4.39 Å². The van der Waals surface area contributed by atoms with Gasteiger partial charge in [-0.15, -0.1) is 0 Å². The first-order valence-corrected chi connectivity index (χ1v) is 6.41. The van der Waals surface area contributed by atoms with E-state index in [0.29, 0.717) is 23.8 Å². The van der Waals surface area contributed by atoms with Crippen molar-refractivity contribution in [1.29, 1.82) is 0 Å². The molecule has 0 spiro atoms. The zero-order chi connectivity index (χ0) is 12.6. The van der Waals surface area contributed by atoms with Gasteiger partial charge in [-0.05, 0) is 24.5 Å². The number of nitrogens with two attached hydrogens (primary N) is 1. The standard InChI is InChI=1S/C13H15BrFNO/c1-7(2)3-9-10-4-8(14)5-11(15)13(10)17-12(9)6-16/h4-5,7H,3,6,16H2,1-2H3. The number of hydrogen-bond donors (Lipinski definition) is 1. The van der Waals surface area contributed by atoms with E-state index in [9.17, 15) is 4.39 Å². The summed E-state index contributed by atoms with van der Waals surface area (Å²) < 4.78 is 20.0. The molecular weight excluding hydrogens is 285 g/mol. The highest BCUT2D eigenvalue weighted by atomic mass is 79.9. The van der Waals surface area contributed by atoms with E-state index in [1.807, 2.05) is 6.07 Å². The molecule has 0 bridgehead atoms. The van der Waals surface area contributed by atoms with Gasteiger partial charge >= 0.3 is 0 Å². The summed E-state index contributed by atoms with van der Waals surface area (Å²) in [6, 6.07) is 3.30. The molecule has 0 saturated heterocycles. The Morgan fingerprint density at radius 1 is 1.41 bits per heavy atom. The lowest BCUT2D eigenvalue weighted by Gasteiger charge is -2.04. The van der Waals surface area contributed by atoms with Gasteiger partial charge < -0.3 is 10.2 Å². The van der Waals surface area contributed by atoms with Gasteiger partial charge in [0.25, 0.3) is 0 Å². The van der Waals surface area contributed by atoms with E-state index in [1.54, 1.807) is 0 Å². The minimum Gasteiger partial charge on any atom is -0.456 e. The van der Waals surface area contributed by atoms with Gasteiger partial charge in [-0.3, -0.25) is 0 Å². The largest absolute Gasteiger partial charge is 0.456 e. The molecule has 0 aliphatic heterocycles. The molecule has 2 N–H and O–H groups in total. The second-order valence-electron chi connectivity index (χ2n) is 4.57. The van der Waals surface area contributed by atoms with Crippen LogP contribution in [0.3, 0.4) is 0 Å². The van der Waals surface area contributed by atoms with Gasteiger partial charge in [0.1, 0.15) is 5.76 Å². The third kappa shape index (κ3) is 2.38. The summed E-state index contributed by atoms with van der Waals surface area (Å²) in [7, 11) is 0. The molecule has 2 nitrogen and oxygen atoms in total. The predicted molar refractivity (Wildman–Crippen MR) is 70.3 cm³/mol. The molecular formula is C13H15BrFNO. The Labute approximate surface area is 108 Å². The zero-order valence-corrected chi connectivity index (χ0v) is 11.5. The Hall–Kier alpha value is -0.870. The predicted octanol–water partition coefficient (Wildman–Crippen LogP) is 3.99. The topological polar surface area (TPSA) is 39.2 Å². The summed E-state index contributed by atoms with van der Waals surface area (Å²) in [5.74, 6) is 0.813. The summed E-state index contributed by atoms with van der Waals surface area (Å²) in [6.45, 7) is 4.54. The Bertz CT molecular complexity index is 548. The van der Waals surface area contributed by atoms with Crippen molar-refractivity contribution in [2.45, 2.75) is 26.8 Å². The van der Waals surface area contributed by atoms with Gasteiger partial charge in [-0.1, -0.05) is 29.8 Å². The van der Waals surface area contributed by atoms with Crippen LogP contribution in [-0.4, -0.2) is 0 Å². The van der Waals surface area contributed by atoms with E-state index in [1.165, 1.54) is 6.07 Å². The van der Waals surface area contributed by atoms with Gasteiger partial charge in [0.05, 0.1) is 6.54 Å². The third-order valence-corrected chi connectivity index (χ3v) is 3.15. The van der Waals surface area contributed by atoms with Crippen molar-refractivity contribution < 1.29 is 8.81 Å². The highest BCUT2D eigenvalue weighted by Gasteiger charge is 2.17. The molecule has 0 amide bonds. The summed E-state index contributed by atoms with van der Waals surface area (Å²) in [5.41, 5.74) is 6.99. The van der Waals surface area contributed by atoms with E-state index < -0.39 is 0 Å². The molecule has 0 saturated carbocycles. The number of rotatable bonds is 3. The van der Waals surface area contributed by atoms with Crippen molar-refractivity contribution in [2.24, 2.45) is 11.7 Å². The SMILES string of the molecule is CC(C)Cc1c(CN)oc2c(F)cc(Br)cc12. The lowest BCUT2D eigenvalue weighted by atomic mass is 10.00. The number of hydrogen-bond acceptors (Lipinski definition) is 2. The molecule has 1 aromatic carbocycles. The zero-order valence-electron chi connectivity index (χ0n) is 9.89. The first-order valence-electron chi connectivity index (χ1n) is 5.62. The van der Waals surface area contributed by atoms with Crippen LogP contribution in [0.15, 0.2) is 21.0 Å². The summed E-state index contributed by atoms with van der Waals surface area (Å²) in [6.07, 6.45) is 0.843. The van der Waals surface area contributed by atoms with Crippen molar-refractivity contribution in [3.63, 3.8) is 0 Å². The fraction of sp³-hybridized carbons (Fsp3) is 0.385. The van der Waals surface area contributed by atoms with E-state index in [-0.39, 0.29) is 5.82 Å². The molecule has 0 fully saturated rings. The highest BCUT2D eigenvalue weighted by molar-refractivity contribution is 9.10. The average molecular weight is 300 g/mol. The van der Waals surface area contributed by atoms with Crippen LogP contribution >= 0.6 is 15.9 Å². The quantitative estimate of drug-likeness (QED) is 0.931. The van der Waals surface area contributed by atoms with Crippen LogP contribution in [0.4, 0.5) is 4.39 Å². The van der Waals surface area contributed by atoms with Crippen LogP contribution in [0.5, 0.6) is 0 Å². The molecule has 17 heavy (non-hydrogen) atoms. The van der Waals surface area contributed by atoms with Crippen LogP contribution in [-0.2, 0) is 13.0 Å². The number of halogens is 2. The molecule has 0 aliphatic rings. The summed E-state index contributed by atoms with van der Waals surface area (Å²) in [5, 5.41) is 0.825. The Morgan fingerprint density at radius 3 is 2.71 bits per heavy atom. The molecule has 0 atom stereocenters. The van der Waals surface area contributed by atoms with E-state index in [0.717, 1.165) is 21.8 Å². The first kappa shape index (κ1) is 12.6. The van der Waals surface area contributed by atoms with Crippen molar-refractivity contribution >= 4 is 26.9 Å². The van der Waals surface area contributed by atoms with Crippen LogP contribution in [0.1, 0.15) is 25.2 Å². The van der Waals surface area contributed by atoms with Gasteiger partial charge in [0, 0.05) is 15.4 Å². The van der Waals surface area contributed by atoms with Crippen LogP contribution < -0.4 is 5.73 Å². The molecule has 0 unspecified atom stereocenters. The number of furan rings is 1. The maximum absolute atomic E-state index is 13.7. The minimum absolute atomic E-state index is 0.299. The molecule has 2 aromatic rings. The summed E-state index contributed by atoms with van der Waals surface area (Å²) in [4.78, 5) is 0. The van der Waals surface area contributed by atoms with Crippen molar-refractivity contribution in [3.8, 4) is 0 Å². The van der Waals surface area contributed by atoms with Crippen LogP contribution in [0.2, 0.25) is 0 Å². The van der Waals surface area contributed by atoms with E-state index in [4.69, 9.17) is 10.2 Å². The lowest BCUT2D eigenvalue weighted by molar-refractivity contribution is 0.512. The van der Waals surface area contributed by atoms with Crippen LogP contribution in [0.25, 0.3) is 11.0 Å². The fourth-order valence-corrected chi connectivity index (χ4v) is 2.45. The second-order valence-corrected chi connectivity index (χ2v) is 5.49. The third-order valence-electron chi connectivity index (χ3n) is 2.69. The smallest absolute Gasteiger partial charge is 0.170 e. The van der Waals surface area contributed by atoms with Crippen molar-refractivity contribution in [1.82, 2.24) is 0 Å². The molecule has 1 heterocycles. The van der Waals surface area contributed by atoms with E-state index in [2.05, 4.69) is 29.8 Å². The maximum Gasteiger partial charge on any atom is 0.170 e. The van der Waals surface area contributed by atoms with Crippen molar-refractivity contribution in [3.05, 3.63) is 33.7 Å². The second kappa shape index (κ2) is 4.78. The maximum atomic E-state index is 13.7. The Balaban J connectivity index is 2.69. The minimum atomic E-state index is -0.348. The normalized spacial score (nSPS) is 11.6. The van der Waals surface area contributed by atoms with Crippen molar-refractivity contribution in [2.75, 3.05) is 0 Å². The molecule has 4 heteroatoms. The Morgan fingerprint density at radius 2 is 2.12 bits per heavy atom. The molecule has 0 radical (unpaired) electrons. The monoisotopic (exact) mass is 299 g/mol. The summed E-state index contributed by atoms with van der Waals surface area (Å²) >= 11 is 3.30. The number of fused-ring (bicyclic) bond motifs is 1. The van der Waals surface area contributed by atoms with Gasteiger partial charge in [0.2, 0.25) is 0 Å². The highest BCUT2D eigenvalue weighted by Crippen LogP contribution is 2.32. The molecule has 92 valence electrons. The first-order chi connectivity index (χ1) is 8.02. The average Bonchev–Trinajstić information content (AvgIpc) is 2.56. The lowest BCUT2D eigenvalue weighted by Crippen LogP contribution is -2.01. The van der Waals surface area contributed by atoms with Gasteiger partial charge in [0.15, 0.2) is 11.4 Å². The van der Waals surface area contributed by atoms with E-state index >= 15 is 0 Å². The molecule has 2 rings (SSSR count). The van der Waals surface area contributed by atoms with Crippen LogP contribution in [0, 0.1) is 11.7 Å². The molecule has 0 aliphatic carbocycles. The molecule has 1 aromatic heterocycles. The Kier molecular flexibility index (Phi) is 3.54. The number of benzene rings is 1.